The third kappa shape index (κ3) is 4.19. The van der Waals surface area contributed by atoms with Crippen molar-refractivity contribution in [2.45, 2.75) is 26.1 Å². The Morgan fingerprint density at radius 2 is 2.00 bits per heavy atom. The molecule has 0 unspecified atom stereocenters. The van der Waals surface area contributed by atoms with Crippen LogP contribution >= 0.6 is 0 Å². The Hall–Kier alpha value is -2.08. The number of ether oxygens (including phenoxy) is 2. The first-order valence-electron chi connectivity index (χ1n) is 6.85. The summed E-state index contributed by atoms with van der Waals surface area (Å²) in [5.41, 5.74) is 0.214. The minimum Gasteiger partial charge on any atom is -0.508 e. The predicted molar refractivity (Wildman–Crippen MR) is 75.0 cm³/mol. The van der Waals surface area contributed by atoms with E-state index < -0.39 is 5.97 Å². The van der Waals surface area contributed by atoms with Gasteiger partial charge in [-0.1, -0.05) is 6.07 Å². The smallest absolute Gasteiger partial charge is 0.338 e. The van der Waals surface area contributed by atoms with Crippen LogP contribution < -0.4 is 0 Å². The van der Waals surface area contributed by atoms with Crippen molar-refractivity contribution >= 4 is 11.9 Å². The van der Waals surface area contributed by atoms with E-state index in [9.17, 15) is 14.7 Å². The predicted octanol–water partition coefficient (Wildman–Crippen LogP) is 1.18. The lowest BCUT2D eigenvalue weighted by Crippen LogP contribution is -2.49. The summed E-state index contributed by atoms with van der Waals surface area (Å²) in [5, 5.41) is 9.30. The van der Waals surface area contributed by atoms with Crippen LogP contribution in [0.5, 0.6) is 5.75 Å². The van der Waals surface area contributed by atoms with Crippen LogP contribution in [0.15, 0.2) is 24.3 Å². The van der Waals surface area contributed by atoms with Crippen LogP contribution in [0.3, 0.4) is 0 Å². The number of hydrogen-bond donors (Lipinski definition) is 1. The standard InChI is InChI=1S/C15H19NO5/c1-10-7-16(8-11(2)21-10)14(18)9-20-15(19)12-4-3-5-13(17)6-12/h3-6,10-11,17H,7-9H2,1-2H3/t10-,11+. The first-order chi connectivity index (χ1) is 9.95. The molecule has 21 heavy (non-hydrogen) atoms. The van der Waals surface area contributed by atoms with Gasteiger partial charge in [-0.2, -0.15) is 0 Å². The van der Waals surface area contributed by atoms with Crippen LogP contribution in [0.2, 0.25) is 0 Å². The van der Waals surface area contributed by atoms with Gasteiger partial charge in [-0.05, 0) is 32.0 Å². The van der Waals surface area contributed by atoms with Gasteiger partial charge in [-0.3, -0.25) is 4.79 Å². The van der Waals surface area contributed by atoms with E-state index in [0.29, 0.717) is 13.1 Å². The molecule has 1 saturated heterocycles. The average Bonchev–Trinajstić information content (AvgIpc) is 2.43. The number of morpholine rings is 1. The van der Waals surface area contributed by atoms with Gasteiger partial charge in [0.1, 0.15) is 5.75 Å². The summed E-state index contributed by atoms with van der Waals surface area (Å²) in [5.74, 6) is -0.897. The molecule has 0 bridgehead atoms. The van der Waals surface area contributed by atoms with E-state index in [2.05, 4.69) is 0 Å². The fourth-order valence-corrected chi connectivity index (χ4v) is 2.32. The zero-order chi connectivity index (χ0) is 15.4. The number of phenolic OH excluding ortho intramolecular Hbond substituents is 1. The second kappa shape index (κ2) is 6.58. The molecule has 1 aromatic rings. The van der Waals surface area contributed by atoms with Gasteiger partial charge in [0.15, 0.2) is 6.61 Å². The van der Waals surface area contributed by atoms with Crippen molar-refractivity contribution in [1.82, 2.24) is 4.90 Å². The lowest BCUT2D eigenvalue weighted by atomic mass is 10.2. The Bertz CT molecular complexity index is 521. The largest absolute Gasteiger partial charge is 0.508 e. The van der Waals surface area contributed by atoms with E-state index in [1.54, 1.807) is 11.0 Å². The maximum Gasteiger partial charge on any atom is 0.338 e. The fraction of sp³-hybridized carbons (Fsp3) is 0.467. The fourth-order valence-electron chi connectivity index (χ4n) is 2.32. The minimum absolute atomic E-state index is 0.0217. The average molecular weight is 293 g/mol. The summed E-state index contributed by atoms with van der Waals surface area (Å²) < 4.78 is 10.5. The summed E-state index contributed by atoms with van der Waals surface area (Å²) in [6, 6.07) is 5.81. The van der Waals surface area contributed by atoms with Crippen LogP contribution in [-0.2, 0) is 14.3 Å². The number of benzene rings is 1. The summed E-state index contributed by atoms with van der Waals surface area (Å²) in [7, 11) is 0. The highest BCUT2D eigenvalue weighted by atomic mass is 16.5. The molecule has 2 atom stereocenters. The maximum absolute atomic E-state index is 12.0. The number of nitrogens with zero attached hydrogens (tertiary/aromatic N) is 1. The number of carbonyl (C=O) groups is 2. The minimum atomic E-state index is -0.631. The molecule has 1 N–H and O–H groups in total. The van der Waals surface area contributed by atoms with Gasteiger partial charge in [0.2, 0.25) is 0 Å². The monoisotopic (exact) mass is 293 g/mol. The molecular formula is C15H19NO5. The second-order valence-electron chi connectivity index (χ2n) is 5.18. The van der Waals surface area contributed by atoms with Crippen molar-refractivity contribution in [2.24, 2.45) is 0 Å². The number of carbonyl (C=O) groups excluding carboxylic acids is 2. The molecule has 2 rings (SSSR count). The van der Waals surface area contributed by atoms with Crippen molar-refractivity contribution in [1.29, 1.82) is 0 Å². The number of phenols is 1. The van der Waals surface area contributed by atoms with Crippen molar-refractivity contribution in [3.8, 4) is 5.75 Å². The summed E-state index contributed by atoms with van der Waals surface area (Å²) >= 11 is 0. The third-order valence-corrected chi connectivity index (χ3v) is 3.18. The van der Waals surface area contributed by atoms with Crippen molar-refractivity contribution in [3.63, 3.8) is 0 Å². The zero-order valence-corrected chi connectivity index (χ0v) is 12.1. The molecule has 0 saturated carbocycles. The third-order valence-electron chi connectivity index (χ3n) is 3.18. The molecule has 1 amide bonds. The van der Waals surface area contributed by atoms with Crippen LogP contribution in [0.4, 0.5) is 0 Å². The maximum atomic E-state index is 12.0. The van der Waals surface area contributed by atoms with Crippen LogP contribution in [0.25, 0.3) is 0 Å². The van der Waals surface area contributed by atoms with Gasteiger partial charge in [0, 0.05) is 13.1 Å². The van der Waals surface area contributed by atoms with Gasteiger partial charge in [-0.15, -0.1) is 0 Å². The molecular weight excluding hydrogens is 274 g/mol. The first kappa shape index (κ1) is 15.3. The van der Waals surface area contributed by atoms with Crippen molar-refractivity contribution < 1.29 is 24.2 Å². The molecule has 1 fully saturated rings. The molecule has 1 aromatic carbocycles. The second-order valence-corrected chi connectivity index (χ2v) is 5.18. The van der Waals surface area contributed by atoms with E-state index in [1.165, 1.54) is 18.2 Å². The van der Waals surface area contributed by atoms with E-state index in [4.69, 9.17) is 9.47 Å². The van der Waals surface area contributed by atoms with E-state index in [1.807, 2.05) is 13.8 Å². The molecule has 0 aliphatic carbocycles. The highest BCUT2D eigenvalue weighted by Gasteiger charge is 2.26. The number of rotatable bonds is 3. The van der Waals surface area contributed by atoms with Gasteiger partial charge in [-0.25, -0.2) is 4.79 Å². The number of amides is 1. The quantitative estimate of drug-likeness (QED) is 0.847. The SMILES string of the molecule is C[C@@H]1CN(C(=O)COC(=O)c2cccc(O)c2)C[C@H](C)O1. The van der Waals surface area contributed by atoms with Gasteiger partial charge in [0.25, 0.3) is 5.91 Å². The molecule has 1 aliphatic rings. The van der Waals surface area contributed by atoms with Gasteiger partial charge < -0.3 is 19.5 Å². The highest BCUT2D eigenvalue weighted by molar-refractivity contribution is 5.91. The van der Waals surface area contributed by atoms with Crippen molar-refractivity contribution in [3.05, 3.63) is 29.8 Å². The van der Waals surface area contributed by atoms with Gasteiger partial charge >= 0.3 is 5.97 Å². The van der Waals surface area contributed by atoms with Crippen LogP contribution in [0, 0.1) is 0 Å². The van der Waals surface area contributed by atoms with E-state index in [0.717, 1.165) is 0 Å². The van der Waals surface area contributed by atoms with E-state index >= 15 is 0 Å². The zero-order valence-electron chi connectivity index (χ0n) is 12.1. The molecule has 6 heteroatoms. The van der Waals surface area contributed by atoms with Crippen molar-refractivity contribution in [2.75, 3.05) is 19.7 Å². The number of hydrogen-bond acceptors (Lipinski definition) is 5. The molecule has 0 spiro atoms. The normalized spacial score (nSPS) is 21.9. The molecule has 1 aliphatic heterocycles. The molecule has 1 heterocycles. The van der Waals surface area contributed by atoms with E-state index in [-0.39, 0.29) is 36.0 Å². The van der Waals surface area contributed by atoms with Crippen LogP contribution in [0.1, 0.15) is 24.2 Å². The summed E-state index contributed by atoms with van der Waals surface area (Å²) in [4.78, 5) is 25.5. The topological polar surface area (TPSA) is 76.1 Å². The lowest BCUT2D eigenvalue weighted by Gasteiger charge is -2.35. The van der Waals surface area contributed by atoms with Crippen LogP contribution in [-0.4, -0.2) is 53.8 Å². The highest BCUT2D eigenvalue weighted by Crippen LogP contribution is 2.13. The van der Waals surface area contributed by atoms with Gasteiger partial charge in [0.05, 0.1) is 17.8 Å². The lowest BCUT2D eigenvalue weighted by molar-refractivity contribution is -0.146. The Labute approximate surface area is 123 Å². The molecule has 6 nitrogen and oxygen atoms in total. The Balaban J connectivity index is 1.87. The summed E-state index contributed by atoms with van der Waals surface area (Å²) in [6.45, 7) is 4.47. The Morgan fingerprint density at radius 1 is 1.33 bits per heavy atom. The number of aromatic hydroxyl groups is 1. The Morgan fingerprint density at radius 3 is 2.62 bits per heavy atom. The number of esters is 1. The molecule has 0 aromatic heterocycles. The molecule has 0 radical (unpaired) electrons. The first-order valence-corrected chi connectivity index (χ1v) is 6.85. The molecule has 114 valence electrons. The Kier molecular flexibility index (Phi) is 4.80. The summed E-state index contributed by atoms with van der Waals surface area (Å²) in [6.07, 6.45) is -0.0565.